The third-order valence-electron chi connectivity index (χ3n) is 3.92. The zero-order chi connectivity index (χ0) is 20.7. The van der Waals surface area contributed by atoms with Gasteiger partial charge in [0, 0.05) is 31.4 Å². The van der Waals surface area contributed by atoms with Gasteiger partial charge in [-0.15, -0.1) is 5.06 Å². The third kappa shape index (κ3) is 5.16. The number of nitrogens with zero attached hydrogens (tertiary/aromatic N) is 2. The molecule has 0 unspecified atom stereocenters. The van der Waals surface area contributed by atoms with Crippen LogP contribution in [0.1, 0.15) is 31.2 Å². The quantitative estimate of drug-likeness (QED) is 0.264. The van der Waals surface area contributed by atoms with Crippen LogP contribution in [-0.2, 0) is 25.6 Å². The summed E-state index contributed by atoms with van der Waals surface area (Å²) in [6.45, 7) is -0.238. The fraction of sp³-hybridized carbons (Fsp3) is 0.471. The van der Waals surface area contributed by atoms with E-state index in [4.69, 9.17) is 19.4 Å². The Labute approximate surface area is 159 Å². The summed E-state index contributed by atoms with van der Waals surface area (Å²) < 4.78 is 10.6. The summed E-state index contributed by atoms with van der Waals surface area (Å²) in [5, 5.41) is 20.7. The Kier molecular flexibility index (Phi) is 7.27. The van der Waals surface area contributed by atoms with Gasteiger partial charge in [-0.25, -0.2) is 4.79 Å². The molecule has 2 rings (SSSR count). The maximum absolute atomic E-state index is 11.7. The molecule has 0 bridgehead atoms. The van der Waals surface area contributed by atoms with Gasteiger partial charge in [-0.1, -0.05) is 0 Å². The van der Waals surface area contributed by atoms with E-state index in [1.165, 1.54) is 19.2 Å². The number of hydroxylamine groups is 2. The highest BCUT2D eigenvalue weighted by atomic mass is 16.7. The zero-order valence-electron chi connectivity index (χ0n) is 15.2. The number of methoxy groups -OCH3 is 1. The van der Waals surface area contributed by atoms with Crippen molar-refractivity contribution in [2.24, 2.45) is 0 Å². The SMILES string of the molecule is COc1cc(CCO)c([N+](=O)[O-])cc1OCCCC(=O)ON1C(=O)CCC1=O. The second-order valence-electron chi connectivity index (χ2n) is 5.86. The van der Waals surface area contributed by atoms with E-state index < -0.39 is 22.7 Å². The molecule has 1 saturated heterocycles. The van der Waals surface area contributed by atoms with Crippen LogP contribution in [0.3, 0.4) is 0 Å². The van der Waals surface area contributed by atoms with Crippen molar-refractivity contribution < 1.29 is 38.7 Å². The number of amides is 2. The van der Waals surface area contributed by atoms with Crippen molar-refractivity contribution >= 4 is 23.5 Å². The maximum Gasteiger partial charge on any atom is 0.333 e. The number of hydrogen-bond donors (Lipinski definition) is 1. The van der Waals surface area contributed by atoms with Crippen LogP contribution in [0.25, 0.3) is 0 Å². The Hall–Kier alpha value is -3.21. The number of imide groups is 1. The summed E-state index contributed by atoms with van der Waals surface area (Å²) in [4.78, 5) is 49.8. The molecule has 1 fully saturated rings. The molecule has 0 saturated carbocycles. The number of carbonyl (C=O) groups excluding carboxylic acids is 3. The first kappa shape index (κ1) is 21.1. The van der Waals surface area contributed by atoms with E-state index in [0.29, 0.717) is 10.6 Å². The predicted molar refractivity (Wildman–Crippen MR) is 92.3 cm³/mol. The van der Waals surface area contributed by atoms with Crippen molar-refractivity contribution in [2.45, 2.75) is 32.1 Å². The van der Waals surface area contributed by atoms with Crippen LogP contribution in [0.15, 0.2) is 12.1 Å². The summed E-state index contributed by atoms with van der Waals surface area (Å²) in [5.74, 6) is -1.51. The van der Waals surface area contributed by atoms with E-state index >= 15 is 0 Å². The summed E-state index contributed by atoms with van der Waals surface area (Å²) in [6, 6.07) is 2.62. The second kappa shape index (κ2) is 9.65. The Morgan fingerprint density at radius 1 is 1.25 bits per heavy atom. The number of rotatable bonds is 10. The molecular weight excluding hydrogens is 376 g/mol. The zero-order valence-corrected chi connectivity index (χ0v) is 15.2. The first-order valence-corrected chi connectivity index (χ1v) is 8.53. The smallest absolute Gasteiger partial charge is 0.333 e. The van der Waals surface area contributed by atoms with Gasteiger partial charge in [0.05, 0.1) is 31.1 Å². The van der Waals surface area contributed by atoms with Gasteiger partial charge in [0.1, 0.15) is 0 Å². The van der Waals surface area contributed by atoms with E-state index in [1.54, 1.807) is 0 Å². The molecule has 0 atom stereocenters. The molecular formula is C17H20N2O9. The van der Waals surface area contributed by atoms with Crippen LogP contribution in [0.2, 0.25) is 0 Å². The van der Waals surface area contributed by atoms with Gasteiger partial charge in [-0.3, -0.25) is 19.7 Å². The molecule has 28 heavy (non-hydrogen) atoms. The van der Waals surface area contributed by atoms with Crippen molar-refractivity contribution in [1.82, 2.24) is 5.06 Å². The number of aliphatic hydroxyl groups excluding tert-OH is 1. The average molecular weight is 396 g/mol. The van der Waals surface area contributed by atoms with Crippen molar-refractivity contribution in [3.05, 3.63) is 27.8 Å². The van der Waals surface area contributed by atoms with Crippen LogP contribution in [-0.4, -0.2) is 53.2 Å². The van der Waals surface area contributed by atoms with Crippen LogP contribution in [0.5, 0.6) is 11.5 Å². The number of nitro benzene ring substituents is 1. The number of aliphatic hydroxyl groups is 1. The van der Waals surface area contributed by atoms with Crippen molar-refractivity contribution in [2.75, 3.05) is 20.3 Å². The number of benzene rings is 1. The van der Waals surface area contributed by atoms with Crippen molar-refractivity contribution in [3.63, 3.8) is 0 Å². The van der Waals surface area contributed by atoms with Crippen LogP contribution < -0.4 is 9.47 Å². The van der Waals surface area contributed by atoms with Gasteiger partial charge in [0.25, 0.3) is 17.5 Å². The minimum atomic E-state index is -0.761. The Balaban J connectivity index is 1.92. The lowest BCUT2D eigenvalue weighted by Gasteiger charge is -2.14. The lowest BCUT2D eigenvalue weighted by atomic mass is 10.1. The van der Waals surface area contributed by atoms with Gasteiger partial charge < -0.3 is 19.4 Å². The molecule has 1 aromatic carbocycles. The van der Waals surface area contributed by atoms with Gasteiger partial charge >= 0.3 is 5.97 Å². The van der Waals surface area contributed by atoms with Crippen molar-refractivity contribution in [3.8, 4) is 11.5 Å². The molecule has 152 valence electrons. The van der Waals surface area contributed by atoms with Gasteiger partial charge in [-0.05, 0) is 12.5 Å². The molecule has 0 aromatic heterocycles. The Bertz CT molecular complexity index is 762. The van der Waals surface area contributed by atoms with E-state index in [2.05, 4.69) is 0 Å². The topological polar surface area (TPSA) is 146 Å². The van der Waals surface area contributed by atoms with Crippen molar-refractivity contribution in [1.29, 1.82) is 0 Å². The maximum atomic E-state index is 11.7. The molecule has 0 aliphatic carbocycles. The number of nitro groups is 1. The second-order valence-corrected chi connectivity index (χ2v) is 5.86. The minimum Gasteiger partial charge on any atom is -0.493 e. The highest BCUT2D eigenvalue weighted by Gasteiger charge is 2.32. The molecule has 11 heteroatoms. The monoisotopic (exact) mass is 396 g/mol. The molecule has 0 radical (unpaired) electrons. The number of hydrogen-bond acceptors (Lipinski definition) is 9. The molecule has 1 N–H and O–H groups in total. The molecule has 11 nitrogen and oxygen atoms in total. The highest BCUT2D eigenvalue weighted by molar-refractivity contribution is 6.01. The van der Waals surface area contributed by atoms with Crippen LogP contribution in [0, 0.1) is 10.1 Å². The fourth-order valence-corrected chi connectivity index (χ4v) is 2.56. The number of carbonyl (C=O) groups is 3. The Morgan fingerprint density at radius 3 is 2.50 bits per heavy atom. The fourth-order valence-electron chi connectivity index (χ4n) is 2.56. The third-order valence-corrected chi connectivity index (χ3v) is 3.92. The summed E-state index contributed by atoms with van der Waals surface area (Å²) in [5.41, 5.74) is 0.0931. The highest BCUT2D eigenvalue weighted by Crippen LogP contribution is 2.35. The molecule has 1 aliphatic rings. The normalized spacial score (nSPS) is 13.6. The lowest BCUT2D eigenvalue weighted by molar-refractivity contribution is -0.385. The predicted octanol–water partition coefficient (Wildman–Crippen LogP) is 0.904. The van der Waals surface area contributed by atoms with E-state index in [9.17, 15) is 24.5 Å². The molecule has 1 heterocycles. The van der Waals surface area contributed by atoms with Crippen LogP contribution in [0.4, 0.5) is 5.69 Å². The van der Waals surface area contributed by atoms with Gasteiger partial charge in [-0.2, -0.15) is 0 Å². The van der Waals surface area contributed by atoms with Crippen LogP contribution >= 0.6 is 0 Å². The average Bonchev–Trinajstić information content (AvgIpc) is 2.97. The van der Waals surface area contributed by atoms with Gasteiger partial charge in [0.15, 0.2) is 11.5 Å². The first-order chi connectivity index (χ1) is 13.4. The summed E-state index contributed by atoms with van der Waals surface area (Å²) in [6.07, 6.45) is 0.182. The van der Waals surface area contributed by atoms with E-state index in [1.807, 2.05) is 0 Å². The number of ether oxygens (including phenoxy) is 2. The summed E-state index contributed by atoms with van der Waals surface area (Å²) in [7, 11) is 1.37. The molecule has 2 amide bonds. The standard InChI is InChI=1S/C17H20N2O9/c1-26-13-9-11(6-7-20)12(19(24)25)10-14(13)27-8-2-3-17(23)28-18-15(21)4-5-16(18)22/h9-10,20H,2-8H2,1H3. The Morgan fingerprint density at radius 2 is 1.93 bits per heavy atom. The van der Waals surface area contributed by atoms with Gasteiger partial charge in [0.2, 0.25) is 0 Å². The largest absolute Gasteiger partial charge is 0.493 e. The molecule has 0 spiro atoms. The minimum absolute atomic E-state index is 0.0140. The van der Waals surface area contributed by atoms with E-state index in [0.717, 1.165) is 0 Å². The molecule has 1 aromatic rings. The summed E-state index contributed by atoms with van der Waals surface area (Å²) >= 11 is 0. The van der Waals surface area contributed by atoms with E-state index in [-0.39, 0.29) is 62.5 Å². The molecule has 1 aliphatic heterocycles. The first-order valence-electron chi connectivity index (χ1n) is 8.53. The lowest BCUT2D eigenvalue weighted by Crippen LogP contribution is -2.32.